The molecule has 0 saturated heterocycles. The van der Waals surface area contributed by atoms with Gasteiger partial charge in [0, 0.05) is 19.5 Å². The minimum Gasteiger partial charge on any atom is -0.400 e. The van der Waals surface area contributed by atoms with Crippen molar-refractivity contribution < 1.29 is 25.1 Å². The van der Waals surface area contributed by atoms with Crippen molar-refractivity contribution in [1.29, 1.82) is 0 Å². The first-order valence-corrected chi connectivity index (χ1v) is 15.7. The van der Waals surface area contributed by atoms with Crippen LogP contribution in [0, 0.1) is 0 Å². The van der Waals surface area contributed by atoms with Crippen LogP contribution < -0.4 is 20.8 Å². The van der Waals surface area contributed by atoms with Gasteiger partial charge >= 0.3 is 0 Å². The minimum atomic E-state index is -0.575. The zero-order valence-electron chi connectivity index (χ0n) is 28.0. The Balaban J connectivity index is 0.000000222. The minimum absolute atomic E-state index is 0.164. The lowest BCUT2D eigenvalue weighted by molar-refractivity contribution is -0.111. The highest BCUT2D eigenvalue weighted by atomic mass is 16.5. The largest absolute Gasteiger partial charge is 0.400 e. The average molecular weight is 697 g/mol. The lowest BCUT2D eigenvalue weighted by atomic mass is 10.3. The number of pyridine rings is 2. The summed E-state index contributed by atoms with van der Waals surface area (Å²) in [6.07, 6.45) is 3.13. The van der Waals surface area contributed by atoms with E-state index in [9.17, 15) is 20.0 Å². The Kier molecular flexibility index (Phi) is 14.8. The molecule has 0 aliphatic rings. The van der Waals surface area contributed by atoms with E-state index in [0.29, 0.717) is 34.4 Å². The lowest BCUT2D eigenvalue weighted by Crippen LogP contribution is -2.38. The van der Waals surface area contributed by atoms with E-state index in [4.69, 9.17) is 5.11 Å². The Bertz CT molecular complexity index is 1860. The number of para-hydroxylation sites is 4. The van der Waals surface area contributed by atoms with Gasteiger partial charge in [0.15, 0.2) is 0 Å². The van der Waals surface area contributed by atoms with E-state index in [2.05, 4.69) is 30.6 Å². The fourth-order valence-corrected chi connectivity index (χ4v) is 4.24. The second-order valence-corrected chi connectivity index (χ2v) is 10.2. The quantitative estimate of drug-likeness (QED) is 0.0704. The first-order valence-electron chi connectivity index (χ1n) is 15.7. The zero-order chi connectivity index (χ0) is 37.0. The number of aliphatic hydroxyl groups excluding tert-OH is 1. The number of hydrogen-bond acceptors (Lipinski definition) is 9. The molecule has 2 amide bonds. The van der Waals surface area contributed by atoms with Crippen LogP contribution in [0.4, 0.5) is 34.4 Å². The van der Waals surface area contributed by atoms with E-state index < -0.39 is 11.8 Å². The number of hydroxylamine groups is 2. The van der Waals surface area contributed by atoms with Crippen molar-refractivity contribution in [3.8, 4) is 0 Å². The third kappa shape index (κ3) is 11.5. The van der Waals surface area contributed by atoms with Crippen molar-refractivity contribution in [3.05, 3.63) is 170 Å². The van der Waals surface area contributed by atoms with Crippen LogP contribution in [0.3, 0.4) is 0 Å². The van der Waals surface area contributed by atoms with Gasteiger partial charge in [-0.05, 0) is 72.8 Å². The maximum Gasteiger partial charge on any atom is 0.295 e. The smallest absolute Gasteiger partial charge is 0.295 e. The Morgan fingerprint density at radius 1 is 0.481 bits per heavy atom. The summed E-state index contributed by atoms with van der Waals surface area (Å²) >= 11 is 0. The monoisotopic (exact) mass is 696 g/mol. The van der Waals surface area contributed by atoms with Gasteiger partial charge in [-0.25, -0.2) is 30.1 Å². The van der Waals surface area contributed by atoms with E-state index in [0.717, 1.165) is 17.2 Å². The van der Waals surface area contributed by atoms with Gasteiger partial charge in [-0.1, -0.05) is 84.9 Å². The summed E-state index contributed by atoms with van der Waals surface area (Å²) in [6.45, 7) is 0. The van der Waals surface area contributed by atoms with E-state index in [1.165, 1.54) is 0 Å². The van der Waals surface area contributed by atoms with Crippen molar-refractivity contribution >= 4 is 57.9 Å². The SMILES string of the molecule is CO.O=C(Nc1ccccn1)C(=Nc1ccccc1)N(O)c1ccccc1.O=C(Nc1ccccn1)C(=Nc1ccccc1)N(O)c1ccccc1. The molecule has 0 aliphatic heterocycles. The zero-order valence-corrected chi connectivity index (χ0v) is 28.0. The van der Waals surface area contributed by atoms with E-state index in [1.807, 2.05) is 24.3 Å². The molecule has 262 valence electrons. The van der Waals surface area contributed by atoms with Crippen LogP contribution in [0.25, 0.3) is 0 Å². The van der Waals surface area contributed by atoms with E-state index >= 15 is 0 Å². The molecule has 5 N–H and O–H groups in total. The number of aliphatic hydroxyl groups is 1. The predicted molar refractivity (Wildman–Crippen MR) is 202 cm³/mol. The summed E-state index contributed by atoms with van der Waals surface area (Å²) in [5.41, 5.74) is 1.94. The molecule has 2 aromatic heterocycles. The fourth-order valence-electron chi connectivity index (χ4n) is 4.24. The lowest BCUT2D eigenvalue weighted by Gasteiger charge is -2.18. The van der Waals surface area contributed by atoms with Gasteiger partial charge < -0.3 is 15.7 Å². The number of aromatic nitrogens is 2. The van der Waals surface area contributed by atoms with Crippen molar-refractivity contribution in [2.75, 3.05) is 27.9 Å². The molecule has 6 rings (SSSR count). The molecule has 4 aromatic carbocycles. The number of amides is 2. The number of carbonyl (C=O) groups is 2. The molecule has 6 aromatic rings. The molecular formula is C39H36N8O5. The second-order valence-electron chi connectivity index (χ2n) is 10.2. The van der Waals surface area contributed by atoms with Crippen molar-refractivity contribution in [1.82, 2.24) is 9.97 Å². The molecular weight excluding hydrogens is 660 g/mol. The molecule has 13 nitrogen and oxygen atoms in total. The molecule has 0 atom stereocenters. The van der Waals surface area contributed by atoms with Crippen LogP contribution >= 0.6 is 0 Å². The van der Waals surface area contributed by atoms with Crippen molar-refractivity contribution in [2.45, 2.75) is 0 Å². The summed E-state index contributed by atoms with van der Waals surface area (Å²) in [6, 6.07) is 45.6. The molecule has 2 heterocycles. The van der Waals surface area contributed by atoms with Gasteiger partial charge in [0.1, 0.15) is 11.6 Å². The topological polar surface area (TPSA) is 176 Å². The molecule has 0 spiro atoms. The van der Waals surface area contributed by atoms with Crippen LogP contribution in [0.2, 0.25) is 0 Å². The van der Waals surface area contributed by atoms with Gasteiger partial charge in [0.25, 0.3) is 11.8 Å². The molecule has 0 unspecified atom stereocenters. The van der Waals surface area contributed by atoms with Crippen molar-refractivity contribution in [2.24, 2.45) is 9.98 Å². The first-order chi connectivity index (χ1) is 25.5. The molecule has 0 bridgehead atoms. The number of nitrogens with one attached hydrogen (secondary N) is 2. The summed E-state index contributed by atoms with van der Waals surface area (Å²) < 4.78 is 0. The summed E-state index contributed by atoms with van der Waals surface area (Å²) in [7, 11) is 1.00. The molecule has 13 heteroatoms. The molecule has 0 fully saturated rings. The van der Waals surface area contributed by atoms with Gasteiger partial charge in [0.2, 0.25) is 11.7 Å². The normalized spacial score (nSPS) is 10.7. The van der Waals surface area contributed by atoms with Crippen LogP contribution in [-0.4, -0.2) is 56.1 Å². The fraction of sp³-hybridized carbons (Fsp3) is 0.0256. The van der Waals surface area contributed by atoms with Gasteiger partial charge in [-0.2, -0.15) is 0 Å². The number of rotatable bonds is 6. The van der Waals surface area contributed by atoms with Crippen LogP contribution in [0.5, 0.6) is 0 Å². The van der Waals surface area contributed by atoms with Crippen LogP contribution in [-0.2, 0) is 9.59 Å². The highest BCUT2D eigenvalue weighted by Gasteiger charge is 2.22. The summed E-state index contributed by atoms with van der Waals surface area (Å²) in [5, 5.41) is 34.8. The number of aliphatic imine (C=N–C) groups is 2. The number of benzene rings is 4. The maximum atomic E-state index is 12.6. The highest BCUT2D eigenvalue weighted by Crippen LogP contribution is 2.18. The molecule has 52 heavy (non-hydrogen) atoms. The first kappa shape index (κ1) is 37.8. The van der Waals surface area contributed by atoms with Gasteiger partial charge in [-0.15, -0.1) is 0 Å². The Morgan fingerprint density at radius 3 is 1.10 bits per heavy atom. The second kappa shape index (κ2) is 20.5. The maximum absolute atomic E-state index is 12.6. The number of hydrogen-bond donors (Lipinski definition) is 5. The third-order valence-electron chi connectivity index (χ3n) is 6.60. The van der Waals surface area contributed by atoms with Crippen LogP contribution in [0.15, 0.2) is 180 Å². The number of amidine groups is 2. The van der Waals surface area contributed by atoms with Gasteiger partial charge in [-0.3, -0.25) is 20.0 Å². The number of carbonyl (C=O) groups excluding carboxylic acids is 2. The summed E-state index contributed by atoms with van der Waals surface area (Å²) in [4.78, 5) is 42.0. The molecule has 0 saturated carbocycles. The molecule has 0 aliphatic carbocycles. The predicted octanol–water partition coefficient (Wildman–Crippen LogP) is 6.90. The average Bonchev–Trinajstić information content (AvgIpc) is 3.21. The van der Waals surface area contributed by atoms with Gasteiger partial charge in [0.05, 0.1) is 22.7 Å². The van der Waals surface area contributed by atoms with E-state index in [-0.39, 0.29) is 11.7 Å². The Morgan fingerprint density at radius 2 is 0.788 bits per heavy atom. The summed E-state index contributed by atoms with van der Waals surface area (Å²) in [5.74, 6) is -0.738. The number of nitrogens with zero attached hydrogens (tertiary/aromatic N) is 6. The van der Waals surface area contributed by atoms with E-state index in [1.54, 1.807) is 146 Å². The Labute approximate surface area is 300 Å². The molecule has 0 radical (unpaired) electrons. The highest BCUT2D eigenvalue weighted by molar-refractivity contribution is 6.47. The standard InChI is InChI=1S/2C19H16N4O2.CH4O/c2*24-19(22-17-13-7-8-14-20-17)18(21-15-9-3-1-4-10-15)23(25)16-11-5-2-6-12-16;1-2/h2*1-14,25H,(H,20,22,24);2H,1H3. The Hall–Kier alpha value is -7.06. The van der Waals surface area contributed by atoms with Crippen LogP contribution in [0.1, 0.15) is 0 Å². The van der Waals surface area contributed by atoms with Crippen molar-refractivity contribution in [3.63, 3.8) is 0 Å². The number of anilines is 4. The third-order valence-corrected chi connectivity index (χ3v) is 6.60.